The molecule has 0 aliphatic carbocycles. The molecule has 0 bridgehead atoms. The first-order valence-corrected chi connectivity index (χ1v) is 12.0. The van der Waals surface area contributed by atoms with Crippen LogP contribution in [-0.2, 0) is 13.1 Å². The van der Waals surface area contributed by atoms with Crippen LogP contribution in [0.25, 0.3) is 11.4 Å². The molecule has 2 aromatic heterocycles. The summed E-state index contributed by atoms with van der Waals surface area (Å²) >= 11 is 0. The van der Waals surface area contributed by atoms with Gasteiger partial charge in [0.1, 0.15) is 41.6 Å². The Morgan fingerprint density at radius 3 is 2.72 bits per heavy atom. The number of hydrogen-bond acceptors (Lipinski definition) is 7. The molecule has 1 unspecified atom stereocenters. The predicted molar refractivity (Wildman–Crippen MR) is 139 cm³/mol. The molecule has 0 radical (unpaired) electrons. The fraction of sp³-hybridized carbons (Fsp3) is 0.214. The van der Waals surface area contributed by atoms with Crippen LogP contribution in [0.4, 0.5) is 4.39 Å². The van der Waals surface area contributed by atoms with Gasteiger partial charge in [-0.05, 0) is 49.7 Å². The van der Waals surface area contributed by atoms with Crippen molar-refractivity contribution >= 4 is 11.8 Å². The number of amides is 2. The highest BCUT2D eigenvalue weighted by Gasteiger charge is 2.29. The largest absolute Gasteiger partial charge is 0.491 e. The van der Waals surface area contributed by atoms with E-state index in [1.807, 2.05) is 6.92 Å². The molecule has 5 rings (SSSR count). The van der Waals surface area contributed by atoms with Gasteiger partial charge < -0.3 is 30.0 Å². The number of nitrogens with two attached hydrogens (primary N) is 1. The van der Waals surface area contributed by atoms with Gasteiger partial charge in [0.2, 0.25) is 0 Å². The van der Waals surface area contributed by atoms with Crippen LogP contribution in [0.1, 0.15) is 44.8 Å². The second kappa shape index (κ2) is 12.1. The number of imidazole rings is 1. The van der Waals surface area contributed by atoms with E-state index >= 15 is 0 Å². The zero-order valence-electron chi connectivity index (χ0n) is 21.3. The molecule has 0 fully saturated rings. The lowest BCUT2D eigenvalue weighted by atomic mass is 10.1. The Morgan fingerprint density at radius 2 is 2.08 bits per heavy atom. The Kier molecular flexibility index (Phi) is 8.38. The number of hydrogen-bond donors (Lipinski definition) is 3. The van der Waals surface area contributed by atoms with Crippen LogP contribution >= 0.6 is 0 Å². The molecule has 200 valence electrons. The molecule has 11 heteroatoms. The molecule has 2 aromatic carbocycles. The minimum Gasteiger partial charge on any atom is -0.491 e. The Morgan fingerprint density at radius 1 is 1.26 bits per heavy atom. The third-order valence-corrected chi connectivity index (χ3v) is 5.54. The number of ether oxygens (including phenoxy) is 1. The van der Waals surface area contributed by atoms with E-state index in [9.17, 15) is 19.1 Å². The summed E-state index contributed by atoms with van der Waals surface area (Å²) in [6.45, 7) is 3.95. The highest BCUT2D eigenvalue weighted by Crippen LogP contribution is 2.34. The number of nitrogens with zero attached hydrogens (tertiary/aromatic N) is 3. The minimum atomic E-state index is -0.848. The van der Waals surface area contributed by atoms with Crippen LogP contribution in [0.3, 0.4) is 0 Å². The van der Waals surface area contributed by atoms with Gasteiger partial charge >= 0.3 is 0 Å². The molecular formula is C28H26FN5O5. The molecule has 1 aliphatic rings. The number of primary amides is 1. The average Bonchev–Trinajstić information content (AvgIpc) is 3.50. The van der Waals surface area contributed by atoms with E-state index in [-0.39, 0.29) is 31.1 Å². The Bertz CT molecular complexity index is 1550. The lowest BCUT2D eigenvalue weighted by Crippen LogP contribution is -2.29. The van der Waals surface area contributed by atoms with Crippen LogP contribution < -0.4 is 15.8 Å². The molecule has 39 heavy (non-hydrogen) atoms. The third-order valence-electron chi connectivity index (χ3n) is 5.54. The highest BCUT2D eigenvalue weighted by molar-refractivity contribution is 6.05. The first-order valence-electron chi connectivity index (χ1n) is 12.0. The first kappa shape index (κ1) is 27.1. The molecule has 3 heterocycles. The number of rotatable bonds is 4. The fourth-order valence-electron chi connectivity index (χ4n) is 3.81. The van der Waals surface area contributed by atoms with Crippen LogP contribution in [-0.4, -0.2) is 44.3 Å². The summed E-state index contributed by atoms with van der Waals surface area (Å²) in [6.07, 6.45) is 0.826. The Labute approximate surface area is 223 Å². The summed E-state index contributed by atoms with van der Waals surface area (Å²) in [4.78, 5) is 29.6. The van der Waals surface area contributed by atoms with E-state index in [1.54, 1.807) is 54.1 Å². The molecule has 4 N–H and O–H groups in total. The van der Waals surface area contributed by atoms with E-state index in [4.69, 9.17) is 10.5 Å². The zero-order valence-corrected chi connectivity index (χ0v) is 21.3. The number of aromatic nitrogens is 3. The molecule has 2 amide bonds. The van der Waals surface area contributed by atoms with E-state index < -0.39 is 23.7 Å². The molecule has 0 saturated carbocycles. The molecule has 10 nitrogen and oxygen atoms in total. The van der Waals surface area contributed by atoms with Crippen molar-refractivity contribution in [3.63, 3.8) is 0 Å². The zero-order chi connectivity index (χ0) is 27.9. The maximum atomic E-state index is 13.5. The van der Waals surface area contributed by atoms with Crippen molar-refractivity contribution in [1.29, 1.82) is 0 Å². The van der Waals surface area contributed by atoms with Crippen LogP contribution in [0.2, 0.25) is 0 Å². The number of halogens is 1. The molecular weight excluding hydrogens is 505 g/mol. The third kappa shape index (κ3) is 6.68. The molecule has 0 spiro atoms. The summed E-state index contributed by atoms with van der Waals surface area (Å²) in [5, 5.41) is 15.6. The number of carbonyl (C=O) groups is 2. The SMILES string of the molecule is CC(O)C#Cc1ccc2c(c1)-c1nc(C(N)=O)c(C(=O)NCc3cccc(F)c3)n1CCO2.Cc1ccno1. The smallest absolute Gasteiger partial charge is 0.270 e. The number of fused-ring (bicyclic) bond motifs is 3. The van der Waals surface area contributed by atoms with Crippen molar-refractivity contribution in [2.45, 2.75) is 33.0 Å². The molecule has 4 aromatic rings. The maximum Gasteiger partial charge on any atom is 0.270 e. The second-order valence-electron chi connectivity index (χ2n) is 8.59. The van der Waals surface area contributed by atoms with Gasteiger partial charge in [-0.2, -0.15) is 0 Å². The van der Waals surface area contributed by atoms with Crippen molar-refractivity contribution in [3.05, 3.63) is 88.8 Å². The number of carbonyl (C=O) groups excluding carboxylic acids is 2. The fourth-order valence-corrected chi connectivity index (χ4v) is 3.81. The topological polar surface area (TPSA) is 146 Å². The van der Waals surface area contributed by atoms with E-state index in [1.165, 1.54) is 12.1 Å². The number of aliphatic hydroxyl groups is 1. The van der Waals surface area contributed by atoms with Gasteiger partial charge in [0.15, 0.2) is 5.69 Å². The van der Waals surface area contributed by atoms with E-state index in [0.29, 0.717) is 28.3 Å². The number of benzene rings is 2. The minimum absolute atomic E-state index is 0.00539. The highest BCUT2D eigenvalue weighted by atomic mass is 19.1. The maximum absolute atomic E-state index is 13.5. The Balaban J connectivity index is 0.000000519. The van der Waals surface area contributed by atoms with Crippen LogP contribution in [0.5, 0.6) is 5.75 Å². The first-order chi connectivity index (χ1) is 18.7. The van der Waals surface area contributed by atoms with Crippen molar-refractivity contribution in [2.75, 3.05) is 6.61 Å². The normalized spacial score (nSPS) is 12.2. The van der Waals surface area contributed by atoms with Crippen molar-refractivity contribution < 1.29 is 28.3 Å². The van der Waals surface area contributed by atoms with Gasteiger partial charge in [0.25, 0.3) is 11.8 Å². The van der Waals surface area contributed by atoms with Crippen molar-refractivity contribution in [2.24, 2.45) is 5.73 Å². The van der Waals surface area contributed by atoms with Gasteiger partial charge in [0, 0.05) is 18.2 Å². The van der Waals surface area contributed by atoms with Gasteiger partial charge in [0.05, 0.1) is 18.3 Å². The number of aliphatic hydroxyl groups excluding tert-OH is 1. The standard InChI is InChI=1S/C24H21FN4O4.C4H5NO/c1-14(30)5-6-15-7-8-19-18(12-15)23-28-20(22(26)31)21(29(23)9-10-33-19)24(32)27-13-16-3-2-4-17(25)11-16;1-4-2-3-5-6-4/h2-4,7-8,11-12,14,30H,9-10,13H2,1H3,(H2,26,31)(H,27,32);2-3H,1H3. The van der Waals surface area contributed by atoms with Crippen molar-refractivity contribution in [1.82, 2.24) is 20.0 Å². The summed E-state index contributed by atoms with van der Waals surface area (Å²) in [7, 11) is 0. The summed E-state index contributed by atoms with van der Waals surface area (Å²) in [6, 6.07) is 12.8. The van der Waals surface area contributed by atoms with Gasteiger partial charge in [-0.3, -0.25) is 9.59 Å². The monoisotopic (exact) mass is 531 g/mol. The quantitative estimate of drug-likeness (QED) is 0.343. The molecule has 1 aliphatic heterocycles. The lowest BCUT2D eigenvalue weighted by Gasteiger charge is -2.10. The lowest BCUT2D eigenvalue weighted by molar-refractivity contribution is 0.0923. The average molecular weight is 532 g/mol. The van der Waals surface area contributed by atoms with Gasteiger partial charge in [-0.1, -0.05) is 29.1 Å². The molecule has 0 saturated heterocycles. The molecule has 1 atom stereocenters. The summed E-state index contributed by atoms with van der Waals surface area (Å²) in [5.74, 6) is 5.41. The summed E-state index contributed by atoms with van der Waals surface area (Å²) in [5.41, 5.74) is 7.08. The Hall–Kier alpha value is -4.95. The van der Waals surface area contributed by atoms with Crippen LogP contribution in [0.15, 0.2) is 59.3 Å². The number of nitrogens with one attached hydrogen (secondary N) is 1. The number of aryl methyl sites for hydroxylation is 1. The van der Waals surface area contributed by atoms with Crippen molar-refractivity contribution in [3.8, 4) is 29.0 Å². The second-order valence-corrected chi connectivity index (χ2v) is 8.59. The predicted octanol–water partition coefficient (Wildman–Crippen LogP) is 2.83. The summed E-state index contributed by atoms with van der Waals surface area (Å²) < 4.78 is 25.4. The van der Waals surface area contributed by atoms with Gasteiger partial charge in [-0.15, -0.1) is 0 Å². The van der Waals surface area contributed by atoms with E-state index in [2.05, 4.69) is 31.8 Å². The van der Waals surface area contributed by atoms with Gasteiger partial charge in [-0.25, -0.2) is 9.37 Å². The van der Waals surface area contributed by atoms with Crippen LogP contribution in [0, 0.1) is 24.6 Å². The van der Waals surface area contributed by atoms with E-state index in [0.717, 1.165) is 5.76 Å².